The molecule has 0 unspecified atom stereocenters. The molecule has 128 valence electrons. The monoisotopic (exact) mass is 367 g/mol. The second-order valence-corrected chi connectivity index (χ2v) is 5.74. The number of carbonyl (C=O) groups excluding carboxylic acids is 1. The zero-order valence-corrected chi connectivity index (χ0v) is 15.7. The van der Waals surface area contributed by atoms with Crippen LogP contribution in [0, 0.1) is 0 Å². The van der Waals surface area contributed by atoms with Crippen LogP contribution in [0.4, 0.5) is 5.69 Å². The van der Waals surface area contributed by atoms with E-state index in [1.165, 1.54) is 0 Å². The van der Waals surface area contributed by atoms with Crippen molar-refractivity contribution in [1.82, 2.24) is 10.2 Å². The number of thioether (sulfide) groups is 1. The van der Waals surface area contributed by atoms with Crippen LogP contribution in [0.2, 0.25) is 0 Å². The van der Waals surface area contributed by atoms with Gasteiger partial charge in [-0.05, 0) is 37.4 Å². The molecule has 1 amide bonds. The summed E-state index contributed by atoms with van der Waals surface area (Å²) >= 11 is 1.88. The Balaban J connectivity index is 0. The van der Waals surface area contributed by atoms with Crippen LogP contribution in [0.15, 0.2) is 24.3 Å². The second-order valence-electron chi connectivity index (χ2n) is 4.52. The molecule has 0 heterocycles. The van der Waals surface area contributed by atoms with Crippen LogP contribution >= 0.6 is 36.6 Å². The molecule has 0 saturated heterocycles. The Morgan fingerprint density at radius 2 is 1.73 bits per heavy atom. The molecule has 0 bridgehead atoms. The third-order valence-electron chi connectivity index (χ3n) is 3.15. The summed E-state index contributed by atoms with van der Waals surface area (Å²) in [6.45, 7) is 8.38. The molecule has 1 aromatic carbocycles. The van der Waals surface area contributed by atoms with Crippen LogP contribution in [0.1, 0.15) is 24.2 Å². The van der Waals surface area contributed by atoms with E-state index in [-0.39, 0.29) is 30.7 Å². The van der Waals surface area contributed by atoms with E-state index in [0.29, 0.717) is 17.8 Å². The van der Waals surface area contributed by atoms with Crippen molar-refractivity contribution in [3.8, 4) is 0 Å². The number of hydrogen-bond acceptors (Lipinski definition) is 4. The summed E-state index contributed by atoms with van der Waals surface area (Å²) in [5, 5.41) is 2.92. The first-order chi connectivity index (χ1) is 9.67. The van der Waals surface area contributed by atoms with E-state index in [0.717, 1.165) is 31.1 Å². The van der Waals surface area contributed by atoms with Crippen molar-refractivity contribution in [3.05, 3.63) is 29.8 Å². The van der Waals surface area contributed by atoms with Crippen molar-refractivity contribution in [2.45, 2.75) is 13.8 Å². The maximum atomic E-state index is 11.8. The molecule has 3 N–H and O–H groups in total. The number of halogens is 2. The fourth-order valence-electron chi connectivity index (χ4n) is 1.81. The third-order valence-corrected chi connectivity index (χ3v) is 4.12. The highest BCUT2D eigenvalue weighted by Crippen LogP contribution is 2.05. The molecule has 0 spiro atoms. The quantitative estimate of drug-likeness (QED) is 0.520. The lowest BCUT2D eigenvalue weighted by molar-refractivity contribution is 0.0956. The molecule has 0 radical (unpaired) electrons. The Kier molecular flexibility index (Phi) is 15.0. The van der Waals surface area contributed by atoms with Gasteiger partial charge in [-0.1, -0.05) is 13.8 Å². The highest BCUT2D eigenvalue weighted by Gasteiger charge is 2.04. The van der Waals surface area contributed by atoms with Gasteiger partial charge in [0.05, 0.1) is 0 Å². The lowest BCUT2D eigenvalue weighted by Gasteiger charge is -2.17. The van der Waals surface area contributed by atoms with Gasteiger partial charge in [-0.25, -0.2) is 0 Å². The van der Waals surface area contributed by atoms with Gasteiger partial charge in [0.25, 0.3) is 5.91 Å². The molecule has 22 heavy (non-hydrogen) atoms. The zero-order chi connectivity index (χ0) is 14.8. The van der Waals surface area contributed by atoms with Crippen LogP contribution in [0.3, 0.4) is 0 Å². The van der Waals surface area contributed by atoms with Gasteiger partial charge in [0.15, 0.2) is 0 Å². The Bertz CT molecular complexity index is 400. The molecule has 1 rings (SSSR count). The van der Waals surface area contributed by atoms with E-state index in [2.05, 4.69) is 24.1 Å². The largest absolute Gasteiger partial charge is 0.399 e. The number of nitrogens with zero attached hydrogens (tertiary/aromatic N) is 1. The first kappa shape index (κ1) is 23.6. The van der Waals surface area contributed by atoms with Gasteiger partial charge in [-0.2, -0.15) is 11.8 Å². The smallest absolute Gasteiger partial charge is 0.251 e. The minimum absolute atomic E-state index is 0. The van der Waals surface area contributed by atoms with Crippen LogP contribution in [-0.4, -0.2) is 48.5 Å². The molecule has 0 aliphatic heterocycles. The number of rotatable bonds is 9. The van der Waals surface area contributed by atoms with E-state index in [9.17, 15) is 4.79 Å². The van der Waals surface area contributed by atoms with Crippen LogP contribution in [-0.2, 0) is 0 Å². The molecule has 7 heteroatoms. The number of anilines is 1. The predicted octanol–water partition coefficient (Wildman–Crippen LogP) is 2.92. The molecular formula is C15H27Cl2N3OS. The molecule has 1 aromatic rings. The van der Waals surface area contributed by atoms with Crippen molar-refractivity contribution >= 4 is 48.2 Å². The van der Waals surface area contributed by atoms with E-state index in [1.807, 2.05) is 11.8 Å². The number of hydrogen-bond donors (Lipinski definition) is 2. The van der Waals surface area contributed by atoms with Crippen molar-refractivity contribution < 1.29 is 4.79 Å². The molecule has 0 fully saturated rings. The highest BCUT2D eigenvalue weighted by molar-refractivity contribution is 7.99. The van der Waals surface area contributed by atoms with Crippen molar-refractivity contribution in [3.63, 3.8) is 0 Å². The van der Waals surface area contributed by atoms with Gasteiger partial charge in [0.2, 0.25) is 0 Å². The zero-order valence-electron chi connectivity index (χ0n) is 13.2. The molecular weight excluding hydrogens is 341 g/mol. The van der Waals surface area contributed by atoms with E-state index in [4.69, 9.17) is 5.73 Å². The number of amides is 1. The van der Waals surface area contributed by atoms with Gasteiger partial charge in [0.1, 0.15) is 0 Å². The highest BCUT2D eigenvalue weighted by atomic mass is 35.5. The maximum absolute atomic E-state index is 11.8. The summed E-state index contributed by atoms with van der Waals surface area (Å²) in [5.74, 6) is 2.02. The molecule has 0 aromatic heterocycles. The lowest BCUT2D eigenvalue weighted by Crippen LogP contribution is -2.27. The second kappa shape index (κ2) is 14.0. The summed E-state index contributed by atoms with van der Waals surface area (Å²) in [4.78, 5) is 14.2. The molecule has 0 atom stereocenters. The summed E-state index contributed by atoms with van der Waals surface area (Å²) in [6, 6.07) is 6.98. The lowest BCUT2D eigenvalue weighted by atomic mass is 10.2. The van der Waals surface area contributed by atoms with E-state index < -0.39 is 0 Å². The van der Waals surface area contributed by atoms with Gasteiger partial charge in [-0.15, -0.1) is 24.8 Å². The van der Waals surface area contributed by atoms with Crippen LogP contribution < -0.4 is 11.1 Å². The van der Waals surface area contributed by atoms with Gasteiger partial charge in [-0.3, -0.25) is 4.79 Å². The average Bonchev–Trinajstić information content (AvgIpc) is 2.47. The third kappa shape index (κ3) is 9.41. The Labute approximate surface area is 150 Å². The average molecular weight is 368 g/mol. The summed E-state index contributed by atoms with van der Waals surface area (Å²) in [5.41, 5.74) is 6.92. The molecule has 0 aliphatic rings. The summed E-state index contributed by atoms with van der Waals surface area (Å²) in [6.07, 6.45) is 0. The fourth-order valence-corrected chi connectivity index (χ4v) is 2.65. The number of nitrogens with one attached hydrogen (secondary N) is 1. The Morgan fingerprint density at radius 3 is 2.27 bits per heavy atom. The topological polar surface area (TPSA) is 58.4 Å². The minimum atomic E-state index is -0.0330. The number of nitrogens with two attached hydrogens (primary N) is 1. The van der Waals surface area contributed by atoms with Crippen molar-refractivity contribution in [2.75, 3.05) is 43.4 Å². The number of benzene rings is 1. The number of carbonyl (C=O) groups is 1. The standard InChI is InChI=1S/C15H25N3OS.2ClH/c1-3-18(4-2)10-12-20-11-9-17-15(19)13-5-7-14(16)8-6-13;;/h5-8H,3-4,9-12,16H2,1-2H3,(H,17,19);2*1H. The first-order valence-electron chi connectivity index (χ1n) is 7.11. The number of nitrogen functional groups attached to an aromatic ring is 1. The molecule has 0 aliphatic carbocycles. The van der Waals surface area contributed by atoms with Gasteiger partial charge >= 0.3 is 0 Å². The van der Waals surface area contributed by atoms with Gasteiger partial charge in [0, 0.05) is 35.8 Å². The fraction of sp³-hybridized carbons (Fsp3) is 0.533. The minimum Gasteiger partial charge on any atom is -0.399 e. The van der Waals surface area contributed by atoms with Crippen molar-refractivity contribution in [2.24, 2.45) is 0 Å². The predicted molar refractivity (Wildman–Crippen MR) is 103 cm³/mol. The van der Waals surface area contributed by atoms with E-state index in [1.54, 1.807) is 24.3 Å². The molecule has 4 nitrogen and oxygen atoms in total. The molecule has 0 saturated carbocycles. The summed E-state index contributed by atoms with van der Waals surface area (Å²) < 4.78 is 0. The van der Waals surface area contributed by atoms with Gasteiger partial charge < -0.3 is 16.0 Å². The van der Waals surface area contributed by atoms with E-state index >= 15 is 0 Å². The van der Waals surface area contributed by atoms with Crippen LogP contribution in [0.25, 0.3) is 0 Å². The normalized spacial score (nSPS) is 9.77. The first-order valence-corrected chi connectivity index (χ1v) is 8.26. The Morgan fingerprint density at radius 1 is 1.14 bits per heavy atom. The Hall–Kier alpha value is -0.620. The van der Waals surface area contributed by atoms with Crippen molar-refractivity contribution in [1.29, 1.82) is 0 Å². The SMILES string of the molecule is CCN(CC)CCSCCNC(=O)c1ccc(N)cc1.Cl.Cl. The summed E-state index contributed by atoms with van der Waals surface area (Å²) in [7, 11) is 0. The van der Waals surface area contributed by atoms with Crippen LogP contribution in [0.5, 0.6) is 0 Å². The maximum Gasteiger partial charge on any atom is 0.251 e.